The van der Waals surface area contributed by atoms with Crippen LogP contribution in [-0.4, -0.2) is 18.0 Å². The van der Waals surface area contributed by atoms with Gasteiger partial charge in [-0.25, -0.2) is 8.42 Å². The monoisotopic (exact) mass is 262 g/mol. The van der Waals surface area contributed by atoms with Gasteiger partial charge in [-0.1, -0.05) is 4.49 Å². The molecule has 2 heterocycles. The molecule has 15 heavy (non-hydrogen) atoms. The van der Waals surface area contributed by atoms with E-state index in [2.05, 4.69) is 14.3 Å². The first-order valence-electron chi connectivity index (χ1n) is 3.72. The number of rotatable bonds is 3. The molecule has 0 atom stereocenters. The Kier molecular flexibility index (Phi) is 2.59. The van der Waals surface area contributed by atoms with E-state index in [1.807, 2.05) is 0 Å². The number of hydrogen-bond donors (Lipinski definition) is 2. The lowest BCUT2D eigenvalue weighted by molar-refractivity contribution is 0.603. The smallest absolute Gasteiger partial charge is 0.272 e. The molecule has 80 valence electrons. The highest BCUT2D eigenvalue weighted by molar-refractivity contribution is 7.94. The van der Waals surface area contributed by atoms with Crippen molar-refractivity contribution in [2.75, 3.05) is 10.5 Å². The van der Waals surface area contributed by atoms with Crippen LogP contribution in [0.15, 0.2) is 21.9 Å². The van der Waals surface area contributed by atoms with E-state index in [1.54, 1.807) is 5.38 Å². The molecule has 0 bridgehead atoms. The standard InChI is InChI=1S/C6H6N4O2S3/c7-4-1-6(13-3-4)15(11,12)9-5-2-8-10-14-5/h1-3,9H,7H2. The molecule has 0 aliphatic carbocycles. The maximum absolute atomic E-state index is 11.7. The molecular weight excluding hydrogens is 256 g/mol. The number of nitrogens with one attached hydrogen (secondary N) is 1. The van der Waals surface area contributed by atoms with Crippen molar-refractivity contribution in [3.8, 4) is 0 Å². The topological polar surface area (TPSA) is 98.0 Å². The molecule has 0 saturated heterocycles. The Morgan fingerprint density at radius 2 is 2.27 bits per heavy atom. The molecule has 0 aromatic carbocycles. The van der Waals surface area contributed by atoms with Crippen molar-refractivity contribution in [2.24, 2.45) is 0 Å². The summed E-state index contributed by atoms with van der Waals surface area (Å²) in [7, 11) is -3.54. The lowest BCUT2D eigenvalue weighted by Gasteiger charge is -2.00. The fraction of sp³-hybridized carbons (Fsp3) is 0. The van der Waals surface area contributed by atoms with Gasteiger partial charge in [-0.05, 0) is 6.07 Å². The Balaban J connectivity index is 2.28. The minimum Gasteiger partial charge on any atom is -0.398 e. The first-order chi connectivity index (χ1) is 7.08. The van der Waals surface area contributed by atoms with E-state index in [9.17, 15) is 8.42 Å². The molecule has 0 radical (unpaired) electrons. The summed E-state index contributed by atoms with van der Waals surface area (Å²) < 4.78 is 29.5. The van der Waals surface area contributed by atoms with Gasteiger partial charge in [-0.2, -0.15) is 0 Å². The Morgan fingerprint density at radius 3 is 2.80 bits per heavy atom. The van der Waals surface area contributed by atoms with Crippen LogP contribution in [0.1, 0.15) is 0 Å². The van der Waals surface area contributed by atoms with Gasteiger partial charge in [-0.15, -0.1) is 16.4 Å². The number of aromatic nitrogens is 2. The predicted molar refractivity (Wildman–Crippen MR) is 59.4 cm³/mol. The van der Waals surface area contributed by atoms with Crippen LogP contribution in [-0.2, 0) is 10.0 Å². The van der Waals surface area contributed by atoms with Crippen molar-refractivity contribution in [1.29, 1.82) is 0 Å². The molecule has 0 aliphatic heterocycles. The zero-order valence-corrected chi connectivity index (χ0v) is 9.69. The van der Waals surface area contributed by atoms with Gasteiger partial charge < -0.3 is 5.73 Å². The van der Waals surface area contributed by atoms with Gasteiger partial charge in [0.2, 0.25) is 0 Å². The second kappa shape index (κ2) is 3.76. The molecule has 0 saturated carbocycles. The minimum absolute atomic E-state index is 0.174. The van der Waals surface area contributed by atoms with E-state index in [1.165, 1.54) is 12.3 Å². The number of hydrogen-bond acceptors (Lipinski definition) is 7. The quantitative estimate of drug-likeness (QED) is 0.859. The number of nitrogens with two attached hydrogens (primary N) is 1. The van der Waals surface area contributed by atoms with Gasteiger partial charge >= 0.3 is 0 Å². The molecule has 2 aromatic rings. The lowest BCUT2D eigenvalue weighted by atomic mass is 10.6. The van der Waals surface area contributed by atoms with Crippen molar-refractivity contribution in [2.45, 2.75) is 4.21 Å². The van der Waals surface area contributed by atoms with Crippen LogP contribution >= 0.6 is 22.9 Å². The summed E-state index contributed by atoms with van der Waals surface area (Å²) in [6, 6.07) is 1.40. The normalized spacial score (nSPS) is 11.5. The van der Waals surface area contributed by atoms with Crippen LogP contribution in [0.3, 0.4) is 0 Å². The minimum atomic E-state index is -3.54. The number of nitrogen functional groups attached to an aromatic ring is 1. The average molecular weight is 262 g/mol. The fourth-order valence-corrected chi connectivity index (χ4v) is 3.63. The van der Waals surface area contributed by atoms with Gasteiger partial charge in [-0.3, -0.25) is 4.72 Å². The molecule has 9 heteroatoms. The molecule has 0 aliphatic rings. The van der Waals surface area contributed by atoms with Crippen LogP contribution in [0.4, 0.5) is 10.7 Å². The molecule has 0 amide bonds. The van der Waals surface area contributed by atoms with E-state index in [-0.39, 0.29) is 4.21 Å². The number of anilines is 2. The third-order valence-corrected chi connectivity index (χ3v) is 4.99. The summed E-state index contributed by atoms with van der Waals surface area (Å²) in [5.41, 5.74) is 5.88. The Labute approximate surface area is 94.0 Å². The Morgan fingerprint density at radius 1 is 1.47 bits per heavy atom. The summed E-state index contributed by atoms with van der Waals surface area (Å²) in [6.07, 6.45) is 1.35. The molecule has 0 fully saturated rings. The zero-order valence-electron chi connectivity index (χ0n) is 7.25. The zero-order chi connectivity index (χ0) is 10.9. The van der Waals surface area contributed by atoms with Gasteiger partial charge in [0, 0.05) is 22.6 Å². The summed E-state index contributed by atoms with van der Waals surface area (Å²) in [6.45, 7) is 0. The lowest BCUT2D eigenvalue weighted by Crippen LogP contribution is -2.10. The van der Waals surface area contributed by atoms with E-state index >= 15 is 0 Å². The fourth-order valence-electron chi connectivity index (χ4n) is 0.866. The molecular formula is C6H6N4O2S3. The maximum Gasteiger partial charge on any atom is 0.272 e. The molecule has 6 nitrogen and oxygen atoms in total. The first-order valence-corrected chi connectivity index (χ1v) is 6.86. The van der Waals surface area contributed by atoms with Gasteiger partial charge in [0.25, 0.3) is 10.0 Å². The highest BCUT2D eigenvalue weighted by Gasteiger charge is 2.17. The van der Waals surface area contributed by atoms with E-state index < -0.39 is 10.0 Å². The Hall–Kier alpha value is -1.19. The summed E-state index contributed by atoms with van der Waals surface area (Å²) in [5.74, 6) is 0. The summed E-state index contributed by atoms with van der Waals surface area (Å²) >= 11 is 2.04. The molecule has 3 N–H and O–H groups in total. The van der Waals surface area contributed by atoms with Crippen LogP contribution in [0.2, 0.25) is 0 Å². The third kappa shape index (κ3) is 2.25. The van der Waals surface area contributed by atoms with E-state index in [0.717, 1.165) is 22.9 Å². The van der Waals surface area contributed by atoms with E-state index in [0.29, 0.717) is 10.7 Å². The number of nitrogens with zero attached hydrogens (tertiary/aromatic N) is 2. The molecule has 0 spiro atoms. The van der Waals surface area contributed by atoms with Crippen LogP contribution in [0, 0.1) is 0 Å². The summed E-state index contributed by atoms with van der Waals surface area (Å²) in [5, 5.41) is 5.47. The number of thiophene rings is 1. The van der Waals surface area contributed by atoms with Crippen molar-refractivity contribution in [3.63, 3.8) is 0 Å². The first kappa shape index (κ1) is 10.3. The van der Waals surface area contributed by atoms with E-state index in [4.69, 9.17) is 5.73 Å². The predicted octanol–water partition coefficient (Wildman–Crippen LogP) is 0.983. The third-order valence-electron chi connectivity index (χ3n) is 1.46. The van der Waals surface area contributed by atoms with Gasteiger partial charge in [0.1, 0.15) is 9.21 Å². The summed E-state index contributed by atoms with van der Waals surface area (Å²) in [4.78, 5) is 0. The van der Waals surface area contributed by atoms with Crippen molar-refractivity contribution >= 4 is 43.6 Å². The second-order valence-electron chi connectivity index (χ2n) is 2.59. The van der Waals surface area contributed by atoms with Crippen LogP contribution in [0.25, 0.3) is 0 Å². The molecule has 2 rings (SSSR count). The van der Waals surface area contributed by atoms with Crippen molar-refractivity contribution in [1.82, 2.24) is 9.59 Å². The van der Waals surface area contributed by atoms with Gasteiger partial charge in [0.15, 0.2) is 0 Å². The molecule has 0 unspecified atom stereocenters. The Bertz CT molecular complexity index is 545. The van der Waals surface area contributed by atoms with Crippen molar-refractivity contribution < 1.29 is 8.42 Å². The number of sulfonamides is 1. The van der Waals surface area contributed by atoms with Gasteiger partial charge in [0.05, 0.1) is 6.20 Å². The SMILES string of the molecule is Nc1csc(S(=O)(=O)Nc2cnns2)c1. The largest absolute Gasteiger partial charge is 0.398 e. The second-order valence-corrected chi connectivity index (χ2v) is 6.19. The highest BCUT2D eigenvalue weighted by Crippen LogP contribution is 2.24. The average Bonchev–Trinajstić information content (AvgIpc) is 2.75. The highest BCUT2D eigenvalue weighted by atomic mass is 32.2. The van der Waals surface area contributed by atoms with Crippen LogP contribution in [0.5, 0.6) is 0 Å². The van der Waals surface area contributed by atoms with Crippen LogP contribution < -0.4 is 10.5 Å². The maximum atomic E-state index is 11.7. The molecule has 2 aromatic heterocycles. The van der Waals surface area contributed by atoms with Crippen molar-refractivity contribution in [3.05, 3.63) is 17.6 Å².